The van der Waals surface area contributed by atoms with Gasteiger partial charge in [-0.2, -0.15) is 0 Å². The lowest BCUT2D eigenvalue weighted by Crippen LogP contribution is -2.02. The molecule has 110 valence electrons. The topological polar surface area (TPSA) is 24.7 Å². The predicted molar refractivity (Wildman–Crippen MR) is 94.2 cm³/mol. The average molecular weight is 288 g/mol. The molecule has 2 rings (SSSR count). The first kappa shape index (κ1) is 15.7. The highest BCUT2D eigenvalue weighted by Crippen LogP contribution is 2.11. The molecule has 0 atom stereocenters. The zero-order valence-corrected chi connectivity index (χ0v) is 13.2. The molecule has 0 aliphatic rings. The SMILES string of the molecule is CC(C#CC(C)C)=NN=C(c1ccccc1)c1ccccc1. The zero-order valence-electron chi connectivity index (χ0n) is 13.2. The minimum Gasteiger partial charge on any atom is -0.149 e. The molecular weight excluding hydrogens is 268 g/mol. The van der Waals surface area contributed by atoms with E-state index in [1.807, 2.05) is 67.6 Å². The van der Waals surface area contributed by atoms with Crippen LogP contribution in [0, 0.1) is 17.8 Å². The van der Waals surface area contributed by atoms with Crippen molar-refractivity contribution in [1.82, 2.24) is 0 Å². The fraction of sp³-hybridized carbons (Fsp3) is 0.200. The van der Waals surface area contributed by atoms with Crippen molar-refractivity contribution in [3.63, 3.8) is 0 Å². The van der Waals surface area contributed by atoms with E-state index in [0.717, 1.165) is 22.6 Å². The monoisotopic (exact) mass is 288 g/mol. The molecule has 2 heteroatoms. The molecule has 0 N–H and O–H groups in total. The van der Waals surface area contributed by atoms with Gasteiger partial charge in [0, 0.05) is 17.0 Å². The van der Waals surface area contributed by atoms with E-state index in [-0.39, 0.29) is 0 Å². The van der Waals surface area contributed by atoms with Gasteiger partial charge in [-0.3, -0.25) is 0 Å². The van der Waals surface area contributed by atoms with Crippen LogP contribution < -0.4 is 0 Å². The highest BCUT2D eigenvalue weighted by molar-refractivity contribution is 6.13. The second kappa shape index (κ2) is 7.95. The molecule has 2 nitrogen and oxygen atoms in total. The van der Waals surface area contributed by atoms with Crippen LogP contribution in [0.1, 0.15) is 31.9 Å². The maximum absolute atomic E-state index is 4.44. The van der Waals surface area contributed by atoms with Gasteiger partial charge in [0.1, 0.15) is 11.4 Å². The van der Waals surface area contributed by atoms with Crippen LogP contribution >= 0.6 is 0 Å². The summed E-state index contributed by atoms with van der Waals surface area (Å²) in [6, 6.07) is 20.2. The number of benzene rings is 2. The van der Waals surface area contributed by atoms with Crippen LogP contribution in [0.15, 0.2) is 70.9 Å². The van der Waals surface area contributed by atoms with E-state index in [9.17, 15) is 0 Å². The second-order valence-electron chi connectivity index (χ2n) is 5.29. The molecule has 2 aromatic carbocycles. The Hall–Kier alpha value is -2.66. The fourth-order valence-corrected chi connectivity index (χ4v) is 1.87. The third-order valence-electron chi connectivity index (χ3n) is 2.94. The molecule has 0 bridgehead atoms. The van der Waals surface area contributed by atoms with E-state index in [2.05, 4.69) is 35.9 Å². The number of hydrogen-bond donors (Lipinski definition) is 0. The average Bonchev–Trinajstić information content (AvgIpc) is 2.55. The number of rotatable bonds is 3. The predicted octanol–water partition coefficient (Wildman–Crippen LogP) is 4.56. The van der Waals surface area contributed by atoms with E-state index in [1.165, 1.54) is 0 Å². The van der Waals surface area contributed by atoms with E-state index in [4.69, 9.17) is 0 Å². The molecular formula is C20H20N2. The molecule has 2 aromatic rings. The molecule has 0 saturated carbocycles. The highest BCUT2D eigenvalue weighted by atomic mass is 15.2. The summed E-state index contributed by atoms with van der Waals surface area (Å²) in [4.78, 5) is 0. The fourth-order valence-electron chi connectivity index (χ4n) is 1.87. The lowest BCUT2D eigenvalue weighted by Gasteiger charge is -2.05. The molecule has 0 aromatic heterocycles. The van der Waals surface area contributed by atoms with Crippen LogP contribution in [-0.2, 0) is 0 Å². The minimum atomic E-state index is 0.330. The van der Waals surface area contributed by atoms with Gasteiger partial charge in [0.15, 0.2) is 0 Å². The van der Waals surface area contributed by atoms with Gasteiger partial charge in [-0.15, -0.1) is 10.2 Å². The van der Waals surface area contributed by atoms with E-state index in [0.29, 0.717) is 5.92 Å². The maximum Gasteiger partial charge on any atom is 0.109 e. The van der Waals surface area contributed by atoms with Crippen LogP contribution in [0.2, 0.25) is 0 Å². The first-order valence-corrected chi connectivity index (χ1v) is 7.41. The summed E-state index contributed by atoms with van der Waals surface area (Å²) in [5.41, 5.74) is 3.66. The summed E-state index contributed by atoms with van der Waals surface area (Å²) in [5.74, 6) is 6.46. The first-order chi connectivity index (χ1) is 10.7. The quantitative estimate of drug-likeness (QED) is 0.449. The third-order valence-corrected chi connectivity index (χ3v) is 2.94. The van der Waals surface area contributed by atoms with Crippen LogP contribution in [0.4, 0.5) is 0 Å². The molecule has 0 radical (unpaired) electrons. The van der Waals surface area contributed by atoms with Gasteiger partial charge >= 0.3 is 0 Å². The summed E-state index contributed by atoms with van der Waals surface area (Å²) < 4.78 is 0. The smallest absolute Gasteiger partial charge is 0.109 e. The Kier molecular flexibility index (Phi) is 5.68. The molecule has 0 fully saturated rings. The Morgan fingerprint density at radius 2 is 1.32 bits per heavy atom. The Balaban J connectivity index is 2.40. The number of hydrogen-bond acceptors (Lipinski definition) is 2. The first-order valence-electron chi connectivity index (χ1n) is 7.41. The van der Waals surface area contributed by atoms with Crippen LogP contribution in [0.25, 0.3) is 0 Å². The lowest BCUT2D eigenvalue weighted by molar-refractivity contribution is 0.867. The van der Waals surface area contributed by atoms with Gasteiger partial charge in [-0.1, -0.05) is 80.4 Å². The summed E-state index contributed by atoms with van der Waals surface area (Å²) in [7, 11) is 0. The summed E-state index contributed by atoms with van der Waals surface area (Å²) in [5, 5.41) is 8.72. The maximum atomic E-state index is 4.44. The van der Waals surface area contributed by atoms with Gasteiger partial charge in [-0.25, -0.2) is 0 Å². The van der Waals surface area contributed by atoms with Gasteiger partial charge in [0.2, 0.25) is 0 Å². The molecule has 0 aliphatic heterocycles. The van der Waals surface area contributed by atoms with Crippen molar-refractivity contribution in [2.24, 2.45) is 16.1 Å². The molecule has 22 heavy (non-hydrogen) atoms. The lowest BCUT2D eigenvalue weighted by atomic mass is 10.0. The van der Waals surface area contributed by atoms with Crippen LogP contribution in [0.3, 0.4) is 0 Å². The van der Waals surface area contributed by atoms with E-state index < -0.39 is 0 Å². The zero-order chi connectivity index (χ0) is 15.8. The Morgan fingerprint density at radius 3 is 1.77 bits per heavy atom. The normalized spacial score (nSPS) is 10.8. The molecule has 0 aliphatic carbocycles. The number of nitrogens with zero attached hydrogens (tertiary/aromatic N) is 2. The van der Waals surface area contributed by atoms with Gasteiger partial charge < -0.3 is 0 Å². The van der Waals surface area contributed by atoms with Crippen molar-refractivity contribution >= 4 is 11.4 Å². The Bertz CT molecular complexity index is 673. The molecule has 0 amide bonds. The van der Waals surface area contributed by atoms with Crippen molar-refractivity contribution in [2.45, 2.75) is 20.8 Å². The van der Waals surface area contributed by atoms with Crippen molar-refractivity contribution < 1.29 is 0 Å². The Labute approximate surface area is 132 Å². The molecule has 0 heterocycles. The van der Waals surface area contributed by atoms with Crippen LogP contribution in [-0.4, -0.2) is 11.4 Å². The third kappa shape index (κ3) is 4.71. The largest absolute Gasteiger partial charge is 0.149 e. The van der Waals surface area contributed by atoms with E-state index in [1.54, 1.807) is 0 Å². The summed E-state index contributed by atoms with van der Waals surface area (Å²) in [6.45, 7) is 6.00. The van der Waals surface area contributed by atoms with Crippen molar-refractivity contribution in [2.75, 3.05) is 0 Å². The van der Waals surface area contributed by atoms with Gasteiger partial charge in [0.25, 0.3) is 0 Å². The van der Waals surface area contributed by atoms with Crippen molar-refractivity contribution in [3.05, 3.63) is 71.8 Å². The summed E-state index contributed by atoms with van der Waals surface area (Å²) in [6.07, 6.45) is 0. The summed E-state index contributed by atoms with van der Waals surface area (Å²) >= 11 is 0. The van der Waals surface area contributed by atoms with Crippen molar-refractivity contribution in [3.8, 4) is 11.8 Å². The van der Waals surface area contributed by atoms with Crippen LogP contribution in [0.5, 0.6) is 0 Å². The minimum absolute atomic E-state index is 0.330. The van der Waals surface area contributed by atoms with E-state index >= 15 is 0 Å². The molecule has 0 unspecified atom stereocenters. The van der Waals surface area contributed by atoms with Gasteiger partial charge in [-0.05, 0) is 12.8 Å². The standard InChI is InChI=1S/C20H20N2/c1-16(2)14-15-17(3)21-22-20(18-10-6-4-7-11-18)19-12-8-5-9-13-19/h4-13,16H,1-3H3. The highest BCUT2D eigenvalue weighted by Gasteiger charge is 2.05. The second-order valence-corrected chi connectivity index (χ2v) is 5.29. The van der Waals surface area contributed by atoms with Crippen molar-refractivity contribution in [1.29, 1.82) is 0 Å². The van der Waals surface area contributed by atoms with Gasteiger partial charge in [0.05, 0.1) is 0 Å². The Morgan fingerprint density at radius 1 is 0.818 bits per heavy atom. The molecule has 0 saturated heterocycles. The molecule has 0 spiro atoms.